The maximum absolute atomic E-state index is 11.9. The minimum absolute atomic E-state index is 0.0668. The number of carbonyl (C=O) groups excluding carboxylic acids is 1. The Labute approximate surface area is 167 Å². The number of hydrogen-bond donors (Lipinski definition) is 0. The monoisotopic (exact) mass is 399 g/mol. The van der Waals surface area contributed by atoms with Gasteiger partial charge in [-0.1, -0.05) is 17.7 Å². The van der Waals surface area contributed by atoms with Gasteiger partial charge < -0.3 is 18.6 Å². The molecular weight excluding hydrogens is 382 g/mol. The first-order chi connectivity index (χ1) is 13.6. The Morgan fingerprint density at radius 2 is 1.86 bits per heavy atom. The average molecular weight is 400 g/mol. The van der Waals surface area contributed by atoms with Crippen LogP contribution in [0.2, 0.25) is 5.02 Å². The van der Waals surface area contributed by atoms with E-state index in [1.54, 1.807) is 56.8 Å². The highest BCUT2D eigenvalue weighted by molar-refractivity contribution is 6.30. The Balaban J connectivity index is 1.57. The molecule has 0 aliphatic carbocycles. The zero-order valence-corrected chi connectivity index (χ0v) is 16.1. The van der Waals surface area contributed by atoms with Crippen molar-refractivity contribution in [2.75, 3.05) is 14.2 Å². The van der Waals surface area contributed by atoms with E-state index in [1.165, 1.54) is 6.08 Å². The molecule has 0 amide bonds. The number of hydrogen-bond acceptors (Lipinski definition) is 6. The number of halogens is 1. The highest BCUT2D eigenvalue weighted by Crippen LogP contribution is 2.28. The lowest BCUT2D eigenvalue weighted by Crippen LogP contribution is -2.00. The Morgan fingerprint density at radius 3 is 2.57 bits per heavy atom. The fraction of sp³-hybridized carbons (Fsp3) is 0.143. The largest absolute Gasteiger partial charge is 0.493 e. The molecule has 0 fully saturated rings. The van der Waals surface area contributed by atoms with Gasteiger partial charge in [-0.05, 0) is 48.0 Å². The molecule has 0 saturated heterocycles. The van der Waals surface area contributed by atoms with Crippen molar-refractivity contribution >= 4 is 23.6 Å². The number of rotatable bonds is 7. The van der Waals surface area contributed by atoms with Crippen LogP contribution in [0.15, 0.2) is 59.2 Å². The van der Waals surface area contributed by atoms with Crippen molar-refractivity contribution in [2.45, 2.75) is 6.61 Å². The fourth-order valence-corrected chi connectivity index (χ4v) is 2.55. The molecule has 0 radical (unpaired) electrons. The van der Waals surface area contributed by atoms with Crippen molar-refractivity contribution in [1.82, 2.24) is 4.98 Å². The maximum Gasteiger partial charge on any atom is 0.331 e. The number of aromatic nitrogens is 1. The van der Waals surface area contributed by atoms with Gasteiger partial charge in [0.25, 0.3) is 0 Å². The minimum Gasteiger partial charge on any atom is -0.493 e. The number of oxazole rings is 1. The molecule has 0 N–H and O–H groups in total. The van der Waals surface area contributed by atoms with Gasteiger partial charge in [0.15, 0.2) is 23.9 Å². The smallest absolute Gasteiger partial charge is 0.331 e. The molecule has 28 heavy (non-hydrogen) atoms. The number of carbonyl (C=O) groups is 1. The van der Waals surface area contributed by atoms with E-state index in [-0.39, 0.29) is 6.61 Å². The molecule has 0 spiro atoms. The average Bonchev–Trinajstić information content (AvgIpc) is 3.20. The first-order valence-corrected chi connectivity index (χ1v) is 8.74. The van der Waals surface area contributed by atoms with E-state index in [0.29, 0.717) is 28.2 Å². The fourth-order valence-electron chi connectivity index (χ4n) is 2.43. The van der Waals surface area contributed by atoms with Crippen molar-refractivity contribution in [2.24, 2.45) is 0 Å². The molecule has 3 aromatic rings. The second-order valence-corrected chi connectivity index (χ2v) is 6.12. The summed E-state index contributed by atoms with van der Waals surface area (Å²) >= 11 is 5.87. The molecule has 6 nitrogen and oxygen atoms in total. The number of benzene rings is 2. The number of esters is 1. The van der Waals surface area contributed by atoms with Gasteiger partial charge in [0, 0.05) is 16.7 Å². The van der Waals surface area contributed by atoms with Crippen LogP contribution in [0.3, 0.4) is 0 Å². The van der Waals surface area contributed by atoms with Crippen LogP contribution < -0.4 is 9.47 Å². The molecule has 0 unspecified atom stereocenters. The lowest BCUT2D eigenvalue weighted by molar-refractivity contribution is -0.139. The summed E-state index contributed by atoms with van der Waals surface area (Å²) in [5.74, 6) is 1.55. The maximum atomic E-state index is 11.9. The summed E-state index contributed by atoms with van der Waals surface area (Å²) in [6, 6.07) is 12.5. The number of ether oxygens (including phenoxy) is 3. The first-order valence-electron chi connectivity index (χ1n) is 8.36. The van der Waals surface area contributed by atoms with E-state index in [9.17, 15) is 4.79 Å². The van der Waals surface area contributed by atoms with Crippen LogP contribution in [-0.2, 0) is 16.1 Å². The molecule has 1 aromatic heterocycles. The molecule has 0 bridgehead atoms. The van der Waals surface area contributed by atoms with Gasteiger partial charge in [-0.3, -0.25) is 0 Å². The zero-order valence-electron chi connectivity index (χ0n) is 15.3. The molecule has 0 saturated carbocycles. The molecule has 0 aliphatic heterocycles. The predicted molar refractivity (Wildman–Crippen MR) is 105 cm³/mol. The van der Waals surface area contributed by atoms with Crippen molar-refractivity contribution < 1.29 is 23.4 Å². The van der Waals surface area contributed by atoms with Gasteiger partial charge in [-0.2, -0.15) is 0 Å². The number of nitrogens with zero attached hydrogens (tertiary/aromatic N) is 1. The SMILES string of the molecule is COc1ccc(/C=C/C(=O)OCc2ncc(-c3ccc(Cl)cc3)o2)cc1OC. The third-order valence-electron chi connectivity index (χ3n) is 3.84. The van der Waals surface area contributed by atoms with Crippen LogP contribution in [0.5, 0.6) is 11.5 Å². The predicted octanol–water partition coefficient (Wildman–Crippen LogP) is 4.77. The second-order valence-electron chi connectivity index (χ2n) is 5.68. The third-order valence-corrected chi connectivity index (χ3v) is 4.09. The summed E-state index contributed by atoms with van der Waals surface area (Å²) < 4.78 is 21.2. The lowest BCUT2D eigenvalue weighted by Gasteiger charge is -2.07. The Bertz CT molecular complexity index is 979. The van der Waals surface area contributed by atoms with E-state index >= 15 is 0 Å². The molecule has 3 rings (SSSR count). The Kier molecular flexibility index (Phi) is 6.34. The highest BCUT2D eigenvalue weighted by atomic mass is 35.5. The van der Waals surface area contributed by atoms with Crippen LogP contribution >= 0.6 is 11.6 Å². The summed E-state index contributed by atoms with van der Waals surface area (Å²) in [5.41, 5.74) is 1.61. The van der Waals surface area contributed by atoms with Gasteiger partial charge in [0.2, 0.25) is 5.89 Å². The highest BCUT2D eigenvalue weighted by Gasteiger charge is 2.09. The topological polar surface area (TPSA) is 70.8 Å². The van der Waals surface area contributed by atoms with Crippen molar-refractivity contribution in [1.29, 1.82) is 0 Å². The normalized spacial score (nSPS) is 10.8. The zero-order chi connectivity index (χ0) is 19.9. The summed E-state index contributed by atoms with van der Waals surface area (Å²) in [6.45, 7) is -0.0668. The quantitative estimate of drug-likeness (QED) is 0.421. The molecule has 1 heterocycles. The summed E-state index contributed by atoms with van der Waals surface area (Å²) in [6.07, 6.45) is 4.52. The van der Waals surface area contributed by atoms with Crippen molar-refractivity contribution in [3.8, 4) is 22.8 Å². The van der Waals surface area contributed by atoms with Crippen molar-refractivity contribution in [3.05, 3.63) is 71.2 Å². The van der Waals surface area contributed by atoms with E-state index in [0.717, 1.165) is 11.1 Å². The minimum atomic E-state index is -0.513. The molecule has 144 valence electrons. The number of methoxy groups -OCH3 is 2. The standard InChI is InChI=1S/C21H18ClNO5/c1-25-17-9-3-14(11-18(17)26-2)4-10-21(24)27-13-20-23-12-19(28-20)15-5-7-16(22)8-6-15/h3-12H,13H2,1-2H3/b10-4+. The molecule has 0 aliphatic rings. The summed E-state index contributed by atoms with van der Waals surface area (Å²) in [7, 11) is 3.11. The van der Waals surface area contributed by atoms with E-state index in [4.69, 9.17) is 30.2 Å². The van der Waals surface area contributed by atoms with Crippen LogP contribution in [0, 0.1) is 0 Å². The van der Waals surface area contributed by atoms with E-state index < -0.39 is 5.97 Å². The summed E-state index contributed by atoms with van der Waals surface area (Å²) in [4.78, 5) is 16.0. The van der Waals surface area contributed by atoms with Crippen LogP contribution in [0.25, 0.3) is 17.4 Å². The lowest BCUT2D eigenvalue weighted by atomic mass is 10.2. The van der Waals surface area contributed by atoms with Crippen LogP contribution in [0.4, 0.5) is 0 Å². The summed E-state index contributed by atoms with van der Waals surface area (Å²) in [5, 5.41) is 0.638. The molecular formula is C21H18ClNO5. The van der Waals surface area contributed by atoms with E-state index in [1.807, 2.05) is 12.1 Å². The van der Waals surface area contributed by atoms with Gasteiger partial charge >= 0.3 is 5.97 Å². The van der Waals surface area contributed by atoms with Crippen LogP contribution in [-0.4, -0.2) is 25.2 Å². The third kappa shape index (κ3) is 4.92. The van der Waals surface area contributed by atoms with Gasteiger partial charge in [-0.15, -0.1) is 0 Å². The van der Waals surface area contributed by atoms with E-state index in [2.05, 4.69) is 4.98 Å². The van der Waals surface area contributed by atoms with Crippen molar-refractivity contribution in [3.63, 3.8) is 0 Å². The van der Waals surface area contributed by atoms with Gasteiger partial charge in [-0.25, -0.2) is 9.78 Å². The molecule has 2 aromatic carbocycles. The second kappa shape index (κ2) is 9.10. The van der Waals surface area contributed by atoms with Crippen LogP contribution in [0.1, 0.15) is 11.5 Å². The molecule has 7 heteroatoms. The van der Waals surface area contributed by atoms with Gasteiger partial charge in [0.1, 0.15) is 0 Å². The Morgan fingerprint density at radius 1 is 1.11 bits per heavy atom. The molecule has 0 atom stereocenters. The van der Waals surface area contributed by atoms with Gasteiger partial charge in [0.05, 0.1) is 20.4 Å². The first kappa shape index (κ1) is 19.5. The Hall–Kier alpha value is -3.25.